The quantitative estimate of drug-likeness (QED) is 0.621. The molecule has 1 aliphatic heterocycles. The standard InChI is InChI=1S/C21H25F2N3O4S/c1-25(19-6-3-2-5-17(19)22)10-4-9-24-21(27)16-7-8-18(23)20(15-16)31(28,29)26-11-13-30-14-12-26/h2-3,5-8,15H,4,9-14H2,1H3,(H,24,27). The molecule has 0 aliphatic carbocycles. The number of halogens is 2. The van der Waals surface area contributed by atoms with Crippen LogP contribution >= 0.6 is 0 Å². The Morgan fingerprint density at radius 2 is 1.84 bits per heavy atom. The number of rotatable bonds is 8. The highest BCUT2D eigenvalue weighted by Gasteiger charge is 2.29. The first-order valence-electron chi connectivity index (χ1n) is 9.92. The third kappa shape index (κ3) is 5.57. The predicted octanol–water partition coefficient (Wildman–Crippen LogP) is 2.24. The molecule has 0 aromatic heterocycles. The number of nitrogens with zero attached hydrogens (tertiary/aromatic N) is 2. The van der Waals surface area contributed by atoms with Gasteiger partial charge < -0.3 is 15.0 Å². The van der Waals surface area contributed by atoms with Crippen molar-refractivity contribution in [1.29, 1.82) is 0 Å². The second-order valence-corrected chi connectivity index (χ2v) is 9.05. The van der Waals surface area contributed by atoms with E-state index in [-0.39, 0.29) is 37.7 Å². The Kier molecular flexibility index (Phi) is 7.58. The number of carbonyl (C=O) groups is 1. The Morgan fingerprint density at radius 1 is 1.13 bits per heavy atom. The zero-order valence-corrected chi connectivity index (χ0v) is 18.0. The van der Waals surface area contributed by atoms with Gasteiger partial charge in [0.2, 0.25) is 10.0 Å². The van der Waals surface area contributed by atoms with Crippen molar-refractivity contribution in [2.45, 2.75) is 11.3 Å². The lowest BCUT2D eigenvalue weighted by molar-refractivity contribution is 0.0729. The van der Waals surface area contributed by atoms with Gasteiger partial charge in [0.25, 0.3) is 5.91 Å². The highest BCUT2D eigenvalue weighted by molar-refractivity contribution is 7.89. The fourth-order valence-corrected chi connectivity index (χ4v) is 4.77. The van der Waals surface area contributed by atoms with Gasteiger partial charge >= 0.3 is 0 Å². The molecule has 3 rings (SSSR count). The summed E-state index contributed by atoms with van der Waals surface area (Å²) in [6.45, 7) is 1.54. The van der Waals surface area contributed by atoms with Crippen LogP contribution in [0.4, 0.5) is 14.5 Å². The van der Waals surface area contributed by atoms with Crippen molar-refractivity contribution >= 4 is 21.6 Å². The molecule has 1 fully saturated rings. The van der Waals surface area contributed by atoms with Crippen LogP contribution in [0.1, 0.15) is 16.8 Å². The molecule has 2 aromatic rings. The van der Waals surface area contributed by atoms with Gasteiger partial charge in [0.15, 0.2) is 0 Å². The topological polar surface area (TPSA) is 79.0 Å². The number of ether oxygens (including phenoxy) is 1. The molecular formula is C21H25F2N3O4S. The molecule has 7 nitrogen and oxygen atoms in total. The SMILES string of the molecule is CN(CCCNC(=O)c1ccc(F)c(S(=O)(=O)N2CCOCC2)c1)c1ccccc1F. The van der Waals surface area contributed by atoms with Gasteiger partial charge in [-0.2, -0.15) is 4.31 Å². The number of benzene rings is 2. The summed E-state index contributed by atoms with van der Waals surface area (Å²) in [5.41, 5.74) is 0.515. The van der Waals surface area contributed by atoms with Crippen LogP contribution in [-0.2, 0) is 14.8 Å². The number of hydrogen-bond donors (Lipinski definition) is 1. The van der Waals surface area contributed by atoms with Gasteiger partial charge in [-0.05, 0) is 36.8 Å². The van der Waals surface area contributed by atoms with E-state index in [4.69, 9.17) is 4.74 Å². The van der Waals surface area contributed by atoms with Crippen LogP contribution in [0, 0.1) is 11.6 Å². The summed E-state index contributed by atoms with van der Waals surface area (Å²) in [7, 11) is -2.31. The first kappa shape index (κ1) is 23.1. The predicted molar refractivity (Wildman–Crippen MR) is 113 cm³/mol. The minimum Gasteiger partial charge on any atom is -0.379 e. The van der Waals surface area contributed by atoms with Gasteiger partial charge in [-0.1, -0.05) is 12.1 Å². The van der Waals surface area contributed by atoms with E-state index in [1.165, 1.54) is 12.1 Å². The summed E-state index contributed by atoms with van der Waals surface area (Å²) in [6.07, 6.45) is 0.538. The third-order valence-corrected chi connectivity index (χ3v) is 6.91. The van der Waals surface area contributed by atoms with Crippen LogP contribution < -0.4 is 10.2 Å². The number of carbonyl (C=O) groups excluding carboxylic acids is 1. The van der Waals surface area contributed by atoms with E-state index < -0.39 is 26.6 Å². The Labute approximate surface area is 180 Å². The number of para-hydroxylation sites is 1. The zero-order chi connectivity index (χ0) is 22.4. The molecule has 0 atom stereocenters. The van der Waals surface area contributed by atoms with E-state index >= 15 is 0 Å². The number of sulfonamides is 1. The third-order valence-electron chi connectivity index (χ3n) is 5.00. The van der Waals surface area contributed by atoms with Crippen LogP contribution in [0.3, 0.4) is 0 Å². The summed E-state index contributed by atoms with van der Waals surface area (Å²) >= 11 is 0. The maximum atomic E-state index is 14.3. The summed E-state index contributed by atoms with van der Waals surface area (Å²) in [6, 6.07) is 9.69. The molecule has 1 amide bonds. The molecule has 168 valence electrons. The molecule has 0 bridgehead atoms. The molecule has 1 aliphatic rings. The van der Waals surface area contributed by atoms with Crippen molar-refractivity contribution in [2.24, 2.45) is 0 Å². The summed E-state index contributed by atoms with van der Waals surface area (Å²) in [5.74, 6) is -1.74. The lowest BCUT2D eigenvalue weighted by Crippen LogP contribution is -2.41. The van der Waals surface area contributed by atoms with Gasteiger partial charge in [0.1, 0.15) is 16.5 Å². The second-order valence-electron chi connectivity index (χ2n) is 7.14. The lowest BCUT2D eigenvalue weighted by Gasteiger charge is -2.26. The van der Waals surface area contributed by atoms with Gasteiger partial charge in [0, 0.05) is 38.8 Å². The van der Waals surface area contributed by atoms with Crippen molar-refractivity contribution in [3.63, 3.8) is 0 Å². The van der Waals surface area contributed by atoms with Crippen molar-refractivity contribution in [1.82, 2.24) is 9.62 Å². The normalized spacial score (nSPS) is 14.9. The highest BCUT2D eigenvalue weighted by atomic mass is 32.2. The van der Waals surface area contributed by atoms with E-state index in [1.807, 2.05) is 0 Å². The Hall–Kier alpha value is -2.56. The maximum absolute atomic E-state index is 14.3. The molecule has 1 saturated heterocycles. The molecule has 1 heterocycles. The number of morpholine rings is 1. The van der Waals surface area contributed by atoms with Crippen LogP contribution in [0.25, 0.3) is 0 Å². The van der Waals surface area contributed by atoms with Crippen molar-refractivity contribution in [2.75, 3.05) is 51.3 Å². The summed E-state index contributed by atoms with van der Waals surface area (Å²) < 4.78 is 59.8. The zero-order valence-electron chi connectivity index (χ0n) is 17.2. The average molecular weight is 454 g/mol. The molecular weight excluding hydrogens is 428 g/mol. The Morgan fingerprint density at radius 3 is 2.55 bits per heavy atom. The van der Waals surface area contributed by atoms with Crippen LogP contribution in [0.2, 0.25) is 0 Å². The monoisotopic (exact) mass is 453 g/mol. The number of nitrogens with one attached hydrogen (secondary N) is 1. The molecule has 0 spiro atoms. The molecule has 0 unspecified atom stereocenters. The van der Waals surface area contributed by atoms with E-state index in [0.29, 0.717) is 25.2 Å². The average Bonchev–Trinajstić information content (AvgIpc) is 2.77. The van der Waals surface area contributed by atoms with Crippen LogP contribution in [0.15, 0.2) is 47.4 Å². The van der Waals surface area contributed by atoms with E-state index in [0.717, 1.165) is 16.4 Å². The number of hydrogen-bond acceptors (Lipinski definition) is 5. The molecule has 1 N–H and O–H groups in total. The van der Waals surface area contributed by atoms with Gasteiger partial charge in [-0.15, -0.1) is 0 Å². The smallest absolute Gasteiger partial charge is 0.251 e. The fourth-order valence-electron chi connectivity index (χ4n) is 3.27. The number of amides is 1. The van der Waals surface area contributed by atoms with E-state index in [2.05, 4.69) is 5.32 Å². The van der Waals surface area contributed by atoms with Crippen molar-refractivity contribution < 1.29 is 26.7 Å². The van der Waals surface area contributed by atoms with Crippen LogP contribution in [-0.4, -0.2) is 65.1 Å². The Bertz CT molecular complexity index is 1030. The molecule has 0 radical (unpaired) electrons. The molecule has 31 heavy (non-hydrogen) atoms. The number of anilines is 1. The van der Waals surface area contributed by atoms with E-state index in [9.17, 15) is 22.0 Å². The van der Waals surface area contributed by atoms with Gasteiger partial charge in [0.05, 0.1) is 18.9 Å². The summed E-state index contributed by atoms with van der Waals surface area (Å²) in [4.78, 5) is 13.7. The minimum atomic E-state index is -4.06. The summed E-state index contributed by atoms with van der Waals surface area (Å²) in [5, 5.41) is 2.69. The molecule has 0 saturated carbocycles. The second kappa shape index (κ2) is 10.2. The van der Waals surface area contributed by atoms with Crippen molar-refractivity contribution in [3.05, 3.63) is 59.7 Å². The minimum absolute atomic E-state index is 0.0516. The van der Waals surface area contributed by atoms with Gasteiger partial charge in [-0.25, -0.2) is 17.2 Å². The molecule has 10 heteroatoms. The maximum Gasteiger partial charge on any atom is 0.251 e. The first-order chi connectivity index (χ1) is 14.8. The highest BCUT2D eigenvalue weighted by Crippen LogP contribution is 2.22. The lowest BCUT2D eigenvalue weighted by atomic mass is 10.2. The fraction of sp³-hybridized carbons (Fsp3) is 0.381. The Balaban J connectivity index is 1.59. The largest absolute Gasteiger partial charge is 0.379 e. The van der Waals surface area contributed by atoms with E-state index in [1.54, 1.807) is 30.1 Å². The van der Waals surface area contributed by atoms with Gasteiger partial charge in [-0.3, -0.25) is 4.79 Å². The van der Waals surface area contributed by atoms with Crippen LogP contribution in [0.5, 0.6) is 0 Å². The molecule has 2 aromatic carbocycles. The van der Waals surface area contributed by atoms with Crippen molar-refractivity contribution in [3.8, 4) is 0 Å². The first-order valence-corrected chi connectivity index (χ1v) is 11.4.